The first-order chi connectivity index (χ1) is 13.2. The van der Waals surface area contributed by atoms with Gasteiger partial charge in [0.05, 0.1) is 22.3 Å². The smallest absolute Gasteiger partial charge is 0.267 e. The van der Waals surface area contributed by atoms with Crippen LogP contribution in [-0.2, 0) is 0 Å². The third-order valence-corrected chi connectivity index (χ3v) is 4.83. The molecule has 0 saturated heterocycles. The number of aromatic nitrogens is 3. The van der Waals surface area contributed by atoms with Gasteiger partial charge in [0.15, 0.2) is 5.65 Å². The Bertz CT molecular complexity index is 1340. The molecule has 4 nitrogen and oxygen atoms in total. The molecule has 2 heterocycles. The van der Waals surface area contributed by atoms with Crippen LogP contribution < -0.4 is 5.56 Å². The normalized spacial score (nSPS) is 11.3. The van der Waals surface area contributed by atoms with Crippen LogP contribution in [0.4, 0.5) is 0 Å². The average molecular weight is 372 g/mol. The van der Waals surface area contributed by atoms with Gasteiger partial charge < -0.3 is 0 Å². The number of para-hydroxylation sites is 1. The molecule has 0 radical (unpaired) electrons. The van der Waals surface area contributed by atoms with Gasteiger partial charge in [0.1, 0.15) is 0 Å². The van der Waals surface area contributed by atoms with Gasteiger partial charge in [-0.1, -0.05) is 60.1 Å². The molecule has 5 aromatic rings. The second-order valence-electron chi connectivity index (χ2n) is 6.29. The van der Waals surface area contributed by atoms with Gasteiger partial charge in [0.25, 0.3) is 5.56 Å². The molecule has 0 fully saturated rings. The molecule has 27 heavy (non-hydrogen) atoms. The lowest BCUT2D eigenvalue weighted by Gasteiger charge is -2.11. The second-order valence-corrected chi connectivity index (χ2v) is 6.73. The molecule has 5 heteroatoms. The molecule has 0 amide bonds. The molecule has 0 aliphatic rings. The van der Waals surface area contributed by atoms with Crippen LogP contribution in [0, 0.1) is 0 Å². The summed E-state index contributed by atoms with van der Waals surface area (Å²) in [4.78, 5) is 18.0. The van der Waals surface area contributed by atoms with E-state index in [1.165, 1.54) is 0 Å². The Morgan fingerprint density at radius 2 is 1.52 bits per heavy atom. The molecule has 130 valence electrons. The van der Waals surface area contributed by atoms with Crippen molar-refractivity contribution in [2.24, 2.45) is 0 Å². The van der Waals surface area contributed by atoms with E-state index in [-0.39, 0.29) is 5.56 Å². The maximum absolute atomic E-state index is 13.3. The summed E-state index contributed by atoms with van der Waals surface area (Å²) in [6.45, 7) is 0. The third-order valence-electron chi connectivity index (χ3n) is 4.60. The molecule has 0 unspecified atom stereocenters. The zero-order valence-corrected chi connectivity index (χ0v) is 15.0. The maximum Gasteiger partial charge on any atom is 0.281 e. The predicted molar refractivity (Wildman–Crippen MR) is 109 cm³/mol. The SMILES string of the molecule is O=c1c2cc(Cl)ccc2nc2cc(-c3ccccc3)n(-c3ccccc3)n12. The number of nitrogens with zero attached hydrogens (tertiary/aromatic N) is 3. The van der Waals surface area contributed by atoms with Crippen molar-refractivity contribution in [3.05, 3.63) is 100 Å². The number of benzene rings is 3. The number of hydrogen-bond donors (Lipinski definition) is 0. The van der Waals surface area contributed by atoms with Crippen molar-refractivity contribution in [1.82, 2.24) is 14.2 Å². The number of rotatable bonds is 2. The molecule has 0 aliphatic carbocycles. The van der Waals surface area contributed by atoms with Crippen LogP contribution in [0.1, 0.15) is 0 Å². The quantitative estimate of drug-likeness (QED) is 0.440. The van der Waals surface area contributed by atoms with Crippen molar-refractivity contribution in [2.75, 3.05) is 0 Å². The molecule has 0 N–H and O–H groups in total. The Morgan fingerprint density at radius 1 is 0.815 bits per heavy atom. The summed E-state index contributed by atoms with van der Waals surface area (Å²) >= 11 is 6.12. The summed E-state index contributed by atoms with van der Waals surface area (Å²) in [5.74, 6) is 0. The minimum atomic E-state index is -0.150. The third kappa shape index (κ3) is 2.54. The minimum absolute atomic E-state index is 0.150. The van der Waals surface area contributed by atoms with E-state index in [0.29, 0.717) is 21.6 Å². The van der Waals surface area contributed by atoms with Crippen LogP contribution >= 0.6 is 11.6 Å². The lowest BCUT2D eigenvalue weighted by atomic mass is 10.1. The standard InChI is InChI=1S/C22H14ClN3O/c23-16-11-12-19-18(13-16)22(27)26-21(24-19)14-20(15-7-3-1-4-8-15)25(26)17-9-5-2-6-10-17/h1-14H. The molecular weight excluding hydrogens is 358 g/mol. The maximum atomic E-state index is 13.3. The molecule has 0 aliphatic heterocycles. The highest BCUT2D eigenvalue weighted by molar-refractivity contribution is 6.31. The summed E-state index contributed by atoms with van der Waals surface area (Å²) < 4.78 is 3.51. The van der Waals surface area contributed by atoms with E-state index in [2.05, 4.69) is 0 Å². The van der Waals surface area contributed by atoms with E-state index in [4.69, 9.17) is 16.6 Å². The van der Waals surface area contributed by atoms with Crippen LogP contribution in [0.5, 0.6) is 0 Å². The van der Waals surface area contributed by atoms with E-state index in [1.54, 1.807) is 22.7 Å². The highest BCUT2D eigenvalue weighted by Crippen LogP contribution is 2.26. The first-order valence-corrected chi connectivity index (χ1v) is 8.95. The van der Waals surface area contributed by atoms with Crippen molar-refractivity contribution in [3.8, 4) is 16.9 Å². The van der Waals surface area contributed by atoms with Crippen molar-refractivity contribution in [1.29, 1.82) is 0 Å². The van der Waals surface area contributed by atoms with Gasteiger partial charge in [0.2, 0.25) is 0 Å². The average Bonchev–Trinajstić information content (AvgIpc) is 3.10. The van der Waals surface area contributed by atoms with Gasteiger partial charge in [-0.25, -0.2) is 9.67 Å². The number of halogens is 1. The van der Waals surface area contributed by atoms with Gasteiger partial charge in [0, 0.05) is 16.7 Å². The van der Waals surface area contributed by atoms with Crippen molar-refractivity contribution >= 4 is 28.2 Å². The zero-order valence-electron chi connectivity index (χ0n) is 14.2. The highest BCUT2D eigenvalue weighted by atomic mass is 35.5. The molecule has 0 spiro atoms. The molecule has 0 bridgehead atoms. The lowest BCUT2D eigenvalue weighted by Crippen LogP contribution is -2.21. The van der Waals surface area contributed by atoms with Gasteiger partial charge >= 0.3 is 0 Å². The first-order valence-electron chi connectivity index (χ1n) is 8.57. The molecule has 0 atom stereocenters. The molecule has 5 rings (SSSR count). The predicted octanol–water partition coefficient (Wildman–Crippen LogP) is 4.96. The van der Waals surface area contributed by atoms with Crippen molar-refractivity contribution < 1.29 is 0 Å². The van der Waals surface area contributed by atoms with Crippen LogP contribution in [0.3, 0.4) is 0 Å². The van der Waals surface area contributed by atoms with Crippen LogP contribution in [-0.4, -0.2) is 14.2 Å². The minimum Gasteiger partial charge on any atom is -0.267 e. The van der Waals surface area contributed by atoms with E-state index in [0.717, 1.165) is 16.9 Å². The molecule has 2 aromatic heterocycles. The number of hydrogen-bond acceptors (Lipinski definition) is 2. The van der Waals surface area contributed by atoms with Gasteiger partial charge in [-0.05, 0) is 30.3 Å². The zero-order chi connectivity index (χ0) is 18.4. The summed E-state index contributed by atoms with van der Waals surface area (Å²) in [5.41, 5.74) is 3.87. The molecule has 3 aromatic carbocycles. The van der Waals surface area contributed by atoms with Crippen molar-refractivity contribution in [2.45, 2.75) is 0 Å². The van der Waals surface area contributed by atoms with Crippen LogP contribution in [0.25, 0.3) is 33.5 Å². The Balaban J connectivity index is 1.97. The molecular formula is C22H14ClN3O. The Morgan fingerprint density at radius 3 is 2.26 bits per heavy atom. The summed E-state index contributed by atoms with van der Waals surface area (Å²) in [6, 6.07) is 26.9. The Kier molecular flexibility index (Phi) is 3.59. The monoisotopic (exact) mass is 371 g/mol. The van der Waals surface area contributed by atoms with Crippen molar-refractivity contribution in [3.63, 3.8) is 0 Å². The highest BCUT2D eigenvalue weighted by Gasteiger charge is 2.16. The van der Waals surface area contributed by atoms with Gasteiger partial charge in [-0.15, -0.1) is 0 Å². The fraction of sp³-hybridized carbons (Fsp3) is 0. The lowest BCUT2D eigenvalue weighted by molar-refractivity contribution is 0.778. The fourth-order valence-electron chi connectivity index (χ4n) is 3.38. The van der Waals surface area contributed by atoms with Crippen LogP contribution in [0.2, 0.25) is 5.02 Å². The summed E-state index contributed by atoms with van der Waals surface area (Å²) in [6.07, 6.45) is 0. The van der Waals surface area contributed by atoms with E-state index in [9.17, 15) is 4.79 Å². The summed E-state index contributed by atoms with van der Waals surface area (Å²) in [7, 11) is 0. The topological polar surface area (TPSA) is 39.3 Å². The van der Waals surface area contributed by atoms with E-state index >= 15 is 0 Å². The Hall–Kier alpha value is -3.37. The van der Waals surface area contributed by atoms with E-state index in [1.807, 2.05) is 71.4 Å². The number of fused-ring (bicyclic) bond motifs is 2. The fourth-order valence-corrected chi connectivity index (χ4v) is 3.55. The van der Waals surface area contributed by atoms with E-state index < -0.39 is 0 Å². The largest absolute Gasteiger partial charge is 0.281 e. The molecule has 0 saturated carbocycles. The first kappa shape index (κ1) is 15.9. The second kappa shape index (κ2) is 6.11. The van der Waals surface area contributed by atoms with Gasteiger partial charge in [-0.2, -0.15) is 4.52 Å². The van der Waals surface area contributed by atoms with Crippen LogP contribution in [0.15, 0.2) is 89.7 Å². The van der Waals surface area contributed by atoms with Gasteiger partial charge in [-0.3, -0.25) is 4.79 Å². The Labute approximate surface area is 159 Å². The summed E-state index contributed by atoms with van der Waals surface area (Å²) in [5, 5.41) is 1.01.